The summed E-state index contributed by atoms with van der Waals surface area (Å²) in [7, 11) is 0. The third kappa shape index (κ3) is 3.18. The molecule has 6 heteroatoms. The minimum absolute atomic E-state index is 0.149. The maximum Gasteiger partial charge on any atom is 0.239 e. The molecule has 0 spiro atoms. The molecule has 1 aliphatic rings. The van der Waals surface area contributed by atoms with Crippen molar-refractivity contribution in [2.75, 3.05) is 11.4 Å². The number of aromatic nitrogens is 1. The summed E-state index contributed by atoms with van der Waals surface area (Å²) in [5.74, 6) is -0.474. The highest BCUT2D eigenvalue weighted by molar-refractivity contribution is 6.09. The lowest BCUT2D eigenvalue weighted by Gasteiger charge is -2.18. The maximum atomic E-state index is 12.6. The smallest absolute Gasteiger partial charge is 0.239 e. The highest BCUT2D eigenvalue weighted by Crippen LogP contribution is 2.27. The monoisotopic (exact) mass is 327 g/mol. The van der Waals surface area contributed by atoms with Gasteiger partial charge in [-0.2, -0.15) is 0 Å². The molecule has 1 saturated heterocycles. The molecule has 0 saturated carbocycles. The number of carbonyl (C=O) groups excluding carboxylic acids is 2. The van der Waals surface area contributed by atoms with Gasteiger partial charge in [0.2, 0.25) is 11.8 Å². The number of benzene rings is 1. The van der Waals surface area contributed by atoms with Gasteiger partial charge in [-0.15, -0.1) is 0 Å². The molecule has 0 bridgehead atoms. The zero-order valence-corrected chi connectivity index (χ0v) is 14.1. The van der Waals surface area contributed by atoms with Gasteiger partial charge in [0.05, 0.1) is 12.2 Å². The Morgan fingerprint density at radius 3 is 2.75 bits per heavy atom. The Kier molecular flexibility index (Phi) is 4.38. The molecule has 2 heterocycles. The fourth-order valence-corrected chi connectivity index (χ4v) is 2.87. The van der Waals surface area contributed by atoms with E-state index in [-0.39, 0.29) is 18.4 Å². The third-order valence-corrected chi connectivity index (χ3v) is 4.44. The van der Waals surface area contributed by atoms with Crippen LogP contribution in [-0.4, -0.2) is 23.5 Å². The van der Waals surface area contributed by atoms with Gasteiger partial charge in [-0.3, -0.25) is 9.59 Å². The van der Waals surface area contributed by atoms with Gasteiger partial charge in [0.1, 0.15) is 5.92 Å². The van der Waals surface area contributed by atoms with E-state index in [1.54, 1.807) is 11.0 Å². The predicted molar refractivity (Wildman–Crippen MR) is 89.5 cm³/mol. The minimum Gasteiger partial charge on any atom is -0.359 e. The van der Waals surface area contributed by atoms with Crippen molar-refractivity contribution >= 4 is 17.5 Å². The average molecular weight is 327 g/mol. The highest BCUT2D eigenvalue weighted by Gasteiger charge is 2.37. The number of carbonyl (C=O) groups is 2. The summed E-state index contributed by atoms with van der Waals surface area (Å²) in [6.45, 7) is 6.67. The normalized spacial score (nSPS) is 17.4. The van der Waals surface area contributed by atoms with Crippen LogP contribution in [0, 0.1) is 26.7 Å². The molecule has 1 aromatic heterocycles. The topological polar surface area (TPSA) is 75.4 Å². The van der Waals surface area contributed by atoms with Crippen molar-refractivity contribution in [2.24, 2.45) is 5.92 Å². The van der Waals surface area contributed by atoms with Crippen molar-refractivity contribution in [3.8, 4) is 0 Å². The summed E-state index contributed by atoms with van der Waals surface area (Å²) >= 11 is 0. The predicted octanol–water partition coefficient (Wildman–Crippen LogP) is 2.27. The van der Waals surface area contributed by atoms with Crippen LogP contribution in [0.1, 0.15) is 29.0 Å². The lowest BCUT2D eigenvalue weighted by molar-refractivity contribution is -0.132. The van der Waals surface area contributed by atoms with Crippen molar-refractivity contribution < 1.29 is 14.1 Å². The first-order valence-electron chi connectivity index (χ1n) is 8.04. The van der Waals surface area contributed by atoms with Crippen LogP contribution in [-0.2, 0) is 16.1 Å². The van der Waals surface area contributed by atoms with E-state index in [2.05, 4.69) is 10.5 Å². The van der Waals surface area contributed by atoms with Crippen molar-refractivity contribution in [3.05, 3.63) is 46.8 Å². The Hall–Kier alpha value is -2.63. The van der Waals surface area contributed by atoms with Gasteiger partial charge < -0.3 is 14.7 Å². The third-order valence-electron chi connectivity index (χ3n) is 4.44. The summed E-state index contributed by atoms with van der Waals surface area (Å²) in [6, 6.07) is 7.68. The molecule has 6 nitrogen and oxygen atoms in total. The van der Waals surface area contributed by atoms with Crippen LogP contribution in [0.4, 0.5) is 5.69 Å². The first-order chi connectivity index (χ1) is 11.5. The number of anilines is 1. The van der Waals surface area contributed by atoms with Crippen molar-refractivity contribution in [1.82, 2.24) is 10.5 Å². The summed E-state index contributed by atoms with van der Waals surface area (Å²) in [5, 5.41) is 6.53. The molecule has 1 N–H and O–H groups in total. The van der Waals surface area contributed by atoms with Gasteiger partial charge in [0.25, 0.3) is 0 Å². The second kappa shape index (κ2) is 6.47. The number of hydrogen-bond donors (Lipinski definition) is 1. The zero-order chi connectivity index (χ0) is 17.3. The Morgan fingerprint density at radius 2 is 2.08 bits per heavy atom. The van der Waals surface area contributed by atoms with Gasteiger partial charge in [0, 0.05) is 18.3 Å². The molecule has 0 unspecified atom stereocenters. The molecule has 3 rings (SSSR count). The van der Waals surface area contributed by atoms with Crippen LogP contribution in [0.15, 0.2) is 28.8 Å². The number of hydrogen-bond acceptors (Lipinski definition) is 4. The van der Waals surface area contributed by atoms with Gasteiger partial charge in [-0.1, -0.05) is 11.2 Å². The van der Waals surface area contributed by atoms with Gasteiger partial charge in [-0.05, 0) is 50.5 Å². The fraction of sp³-hybridized carbons (Fsp3) is 0.389. The molecule has 0 radical (unpaired) electrons. The number of nitrogens with one attached hydrogen (secondary N) is 1. The van der Waals surface area contributed by atoms with Crippen LogP contribution in [0.5, 0.6) is 0 Å². The van der Waals surface area contributed by atoms with Gasteiger partial charge >= 0.3 is 0 Å². The Labute approximate surface area is 140 Å². The van der Waals surface area contributed by atoms with Crippen LogP contribution in [0.25, 0.3) is 0 Å². The standard InChI is InChI=1S/C18H21N3O3/c1-11-4-5-14(8-12(11)2)21-7-6-16(18(21)23)17(22)19-10-15-9-13(3)20-24-15/h4-5,8-9,16H,6-7,10H2,1-3H3,(H,19,22)/t16-/m1/s1. The largest absolute Gasteiger partial charge is 0.359 e. The highest BCUT2D eigenvalue weighted by atomic mass is 16.5. The Bertz CT molecular complexity index is 782. The fourth-order valence-electron chi connectivity index (χ4n) is 2.87. The van der Waals surface area contributed by atoms with Crippen LogP contribution >= 0.6 is 0 Å². The summed E-state index contributed by atoms with van der Waals surface area (Å²) in [5.41, 5.74) is 3.93. The molecule has 0 aliphatic carbocycles. The molecular weight excluding hydrogens is 306 g/mol. The molecule has 1 aliphatic heterocycles. The van der Waals surface area contributed by atoms with E-state index in [0.717, 1.165) is 16.9 Å². The zero-order valence-electron chi connectivity index (χ0n) is 14.1. The van der Waals surface area contributed by atoms with Crippen LogP contribution in [0.3, 0.4) is 0 Å². The van der Waals surface area contributed by atoms with Gasteiger partial charge in [-0.25, -0.2) is 0 Å². The lowest BCUT2D eigenvalue weighted by Crippen LogP contribution is -2.36. The van der Waals surface area contributed by atoms with E-state index in [0.29, 0.717) is 18.7 Å². The molecule has 1 fully saturated rings. The molecule has 2 aromatic rings. The lowest BCUT2D eigenvalue weighted by atomic mass is 10.1. The van der Waals surface area contributed by atoms with E-state index >= 15 is 0 Å². The molecule has 126 valence electrons. The second-order valence-corrected chi connectivity index (χ2v) is 6.25. The van der Waals surface area contributed by atoms with E-state index < -0.39 is 5.92 Å². The molecule has 2 amide bonds. The molecule has 24 heavy (non-hydrogen) atoms. The van der Waals surface area contributed by atoms with E-state index in [1.165, 1.54) is 5.56 Å². The Balaban J connectivity index is 1.64. The number of amides is 2. The van der Waals surface area contributed by atoms with Crippen molar-refractivity contribution in [3.63, 3.8) is 0 Å². The molecular formula is C18H21N3O3. The van der Waals surface area contributed by atoms with Crippen LogP contribution < -0.4 is 10.2 Å². The first kappa shape index (κ1) is 16.2. The van der Waals surface area contributed by atoms with Crippen molar-refractivity contribution in [2.45, 2.75) is 33.7 Å². The van der Waals surface area contributed by atoms with Crippen LogP contribution in [0.2, 0.25) is 0 Å². The van der Waals surface area contributed by atoms with Crippen molar-refractivity contribution in [1.29, 1.82) is 0 Å². The SMILES string of the molecule is Cc1cc(CNC(=O)[C@H]2CCN(c3ccc(C)c(C)c3)C2=O)on1. The van der Waals surface area contributed by atoms with Gasteiger partial charge in [0.15, 0.2) is 5.76 Å². The number of aryl methyl sites for hydroxylation is 3. The second-order valence-electron chi connectivity index (χ2n) is 6.25. The minimum atomic E-state index is -0.643. The summed E-state index contributed by atoms with van der Waals surface area (Å²) in [6.07, 6.45) is 0.521. The van der Waals surface area contributed by atoms with E-state index in [1.807, 2.05) is 39.0 Å². The number of nitrogens with zero attached hydrogens (tertiary/aromatic N) is 2. The summed E-state index contributed by atoms with van der Waals surface area (Å²) in [4.78, 5) is 26.6. The summed E-state index contributed by atoms with van der Waals surface area (Å²) < 4.78 is 5.06. The first-order valence-corrected chi connectivity index (χ1v) is 8.04. The quantitative estimate of drug-likeness (QED) is 0.874. The van der Waals surface area contributed by atoms with E-state index in [4.69, 9.17) is 4.52 Å². The number of rotatable bonds is 4. The Morgan fingerprint density at radius 1 is 1.29 bits per heavy atom. The molecule has 1 aromatic carbocycles. The maximum absolute atomic E-state index is 12.6. The van der Waals surface area contributed by atoms with E-state index in [9.17, 15) is 9.59 Å². The molecule has 1 atom stereocenters. The average Bonchev–Trinajstić information content (AvgIpc) is 3.14.